The Balaban J connectivity index is 1.86. The summed E-state index contributed by atoms with van der Waals surface area (Å²) in [5.74, 6) is 0. The minimum absolute atomic E-state index is 1.10. The van der Waals surface area contributed by atoms with Gasteiger partial charge in [0.25, 0.3) is 0 Å². The van der Waals surface area contributed by atoms with Gasteiger partial charge in [-0.25, -0.2) is 0 Å². The van der Waals surface area contributed by atoms with Crippen molar-refractivity contribution >= 4 is 26.8 Å². The van der Waals surface area contributed by atoms with E-state index in [1.54, 1.807) is 0 Å². The summed E-state index contributed by atoms with van der Waals surface area (Å²) in [6.07, 6.45) is 0. The Labute approximate surface area is 144 Å². The van der Waals surface area contributed by atoms with Gasteiger partial charge >= 0.3 is 0 Å². The molecule has 2 heteroatoms. The second-order valence-corrected chi connectivity index (χ2v) is 6.67. The minimum atomic E-state index is 1.10. The highest BCUT2D eigenvalue weighted by Gasteiger charge is 2.10. The fraction of sp³-hybridized carbons (Fsp3) is 0.0476. The van der Waals surface area contributed by atoms with Crippen LogP contribution in [0.4, 0.5) is 0 Å². The van der Waals surface area contributed by atoms with E-state index in [1.807, 2.05) is 6.07 Å². The van der Waals surface area contributed by atoms with Crippen molar-refractivity contribution in [1.29, 1.82) is 0 Å². The summed E-state index contributed by atoms with van der Waals surface area (Å²) in [7, 11) is 0. The van der Waals surface area contributed by atoms with Crippen LogP contribution in [0.5, 0.6) is 0 Å². The molecule has 1 aromatic heterocycles. The highest BCUT2D eigenvalue weighted by molar-refractivity contribution is 9.10. The third-order valence-electron chi connectivity index (χ3n) is 4.30. The molecule has 4 aromatic rings. The molecule has 0 spiro atoms. The maximum atomic E-state index is 3.56. The van der Waals surface area contributed by atoms with E-state index in [-0.39, 0.29) is 0 Å². The number of nitrogens with one attached hydrogen (secondary N) is 1. The molecule has 112 valence electrons. The van der Waals surface area contributed by atoms with E-state index < -0.39 is 0 Å². The van der Waals surface area contributed by atoms with Crippen LogP contribution in [0, 0.1) is 6.92 Å². The first kappa shape index (κ1) is 14.3. The fourth-order valence-corrected chi connectivity index (χ4v) is 3.31. The SMILES string of the molecule is Cc1c(-c2ccccc2)[nH]c2ccc(-c3ccc(Br)cc3)cc12. The molecule has 1 heterocycles. The summed E-state index contributed by atoms with van der Waals surface area (Å²) in [5.41, 5.74) is 7.39. The Hall–Kier alpha value is -2.32. The van der Waals surface area contributed by atoms with Crippen molar-refractivity contribution in [2.75, 3.05) is 0 Å². The van der Waals surface area contributed by atoms with Gasteiger partial charge < -0.3 is 4.98 Å². The smallest absolute Gasteiger partial charge is 0.0494 e. The summed E-state index contributed by atoms with van der Waals surface area (Å²) in [5, 5.41) is 1.28. The molecule has 0 aliphatic heterocycles. The molecule has 0 radical (unpaired) electrons. The van der Waals surface area contributed by atoms with Gasteiger partial charge in [0.2, 0.25) is 0 Å². The summed E-state index contributed by atoms with van der Waals surface area (Å²) in [6, 6.07) is 25.6. The second-order valence-electron chi connectivity index (χ2n) is 5.76. The van der Waals surface area contributed by atoms with Gasteiger partial charge in [-0.05, 0) is 53.4 Å². The predicted octanol–water partition coefficient (Wildman–Crippen LogP) is 6.57. The van der Waals surface area contributed by atoms with Crippen LogP contribution in [0.25, 0.3) is 33.3 Å². The molecule has 0 saturated heterocycles. The topological polar surface area (TPSA) is 15.8 Å². The number of rotatable bonds is 2. The summed E-state index contributed by atoms with van der Waals surface area (Å²) >= 11 is 3.49. The Morgan fingerprint density at radius 1 is 0.739 bits per heavy atom. The van der Waals surface area contributed by atoms with Gasteiger partial charge in [-0.1, -0.05) is 64.5 Å². The number of hydrogen-bond acceptors (Lipinski definition) is 0. The molecule has 0 atom stereocenters. The molecule has 0 saturated carbocycles. The van der Waals surface area contributed by atoms with Crippen LogP contribution in [0.3, 0.4) is 0 Å². The third kappa shape index (κ3) is 2.60. The molecule has 23 heavy (non-hydrogen) atoms. The van der Waals surface area contributed by atoms with Crippen LogP contribution in [0.1, 0.15) is 5.56 Å². The lowest BCUT2D eigenvalue weighted by Gasteiger charge is -2.03. The standard InChI is InChI=1S/C21H16BrN/c1-14-19-13-17(15-7-10-18(22)11-8-15)9-12-20(19)23-21(14)16-5-3-2-4-6-16/h2-13,23H,1H3. The van der Waals surface area contributed by atoms with E-state index >= 15 is 0 Å². The first-order valence-electron chi connectivity index (χ1n) is 7.66. The first-order chi connectivity index (χ1) is 11.2. The molecular formula is C21H16BrN. The highest BCUT2D eigenvalue weighted by atomic mass is 79.9. The van der Waals surface area contributed by atoms with Crippen molar-refractivity contribution in [3.05, 3.63) is 82.8 Å². The average Bonchev–Trinajstić information content (AvgIpc) is 2.93. The molecule has 0 amide bonds. The lowest BCUT2D eigenvalue weighted by atomic mass is 10.0. The minimum Gasteiger partial charge on any atom is -0.354 e. The number of fused-ring (bicyclic) bond motifs is 1. The summed E-state index contributed by atoms with van der Waals surface area (Å²) in [6.45, 7) is 2.19. The van der Waals surface area contributed by atoms with E-state index in [2.05, 4.69) is 94.6 Å². The van der Waals surface area contributed by atoms with Crippen molar-refractivity contribution in [2.45, 2.75) is 6.92 Å². The van der Waals surface area contributed by atoms with E-state index in [1.165, 1.54) is 38.9 Å². The lowest BCUT2D eigenvalue weighted by Crippen LogP contribution is -1.79. The van der Waals surface area contributed by atoms with Gasteiger partial charge in [0.1, 0.15) is 0 Å². The Kier molecular flexibility index (Phi) is 3.55. The predicted molar refractivity (Wildman–Crippen MR) is 102 cm³/mol. The molecule has 0 unspecified atom stereocenters. The van der Waals surface area contributed by atoms with Crippen molar-refractivity contribution in [2.24, 2.45) is 0 Å². The normalized spacial score (nSPS) is 11.0. The number of aromatic amines is 1. The van der Waals surface area contributed by atoms with Crippen LogP contribution in [0.15, 0.2) is 77.3 Å². The molecular weight excluding hydrogens is 346 g/mol. The molecule has 0 aliphatic rings. The summed E-state index contributed by atoms with van der Waals surface area (Å²) < 4.78 is 1.10. The molecule has 1 N–H and O–H groups in total. The van der Waals surface area contributed by atoms with Gasteiger partial charge in [0, 0.05) is 21.1 Å². The van der Waals surface area contributed by atoms with Gasteiger partial charge in [-0.15, -0.1) is 0 Å². The number of halogens is 1. The number of H-pyrrole nitrogens is 1. The molecule has 3 aromatic carbocycles. The average molecular weight is 362 g/mol. The molecule has 4 rings (SSSR count). The zero-order chi connectivity index (χ0) is 15.8. The van der Waals surface area contributed by atoms with Gasteiger partial charge in [-0.2, -0.15) is 0 Å². The van der Waals surface area contributed by atoms with Crippen molar-refractivity contribution < 1.29 is 0 Å². The Morgan fingerprint density at radius 3 is 2.17 bits per heavy atom. The van der Waals surface area contributed by atoms with E-state index in [4.69, 9.17) is 0 Å². The second kappa shape index (κ2) is 5.71. The molecule has 0 fully saturated rings. The Morgan fingerprint density at radius 2 is 1.43 bits per heavy atom. The third-order valence-corrected chi connectivity index (χ3v) is 4.83. The number of aryl methyl sites for hydroxylation is 1. The van der Waals surface area contributed by atoms with Crippen LogP contribution < -0.4 is 0 Å². The largest absolute Gasteiger partial charge is 0.354 e. The summed E-state index contributed by atoms with van der Waals surface area (Å²) in [4.78, 5) is 3.56. The first-order valence-corrected chi connectivity index (χ1v) is 8.45. The van der Waals surface area contributed by atoms with E-state index in [9.17, 15) is 0 Å². The number of aromatic nitrogens is 1. The van der Waals surface area contributed by atoms with Gasteiger partial charge in [-0.3, -0.25) is 0 Å². The highest BCUT2D eigenvalue weighted by Crippen LogP contribution is 2.32. The maximum absolute atomic E-state index is 3.56. The van der Waals surface area contributed by atoms with E-state index in [0.717, 1.165) is 4.47 Å². The van der Waals surface area contributed by atoms with Gasteiger partial charge in [0.15, 0.2) is 0 Å². The van der Waals surface area contributed by atoms with Crippen molar-refractivity contribution in [1.82, 2.24) is 4.98 Å². The van der Waals surface area contributed by atoms with Crippen LogP contribution in [-0.4, -0.2) is 4.98 Å². The zero-order valence-corrected chi connectivity index (χ0v) is 14.4. The zero-order valence-electron chi connectivity index (χ0n) is 12.8. The Bertz CT molecular complexity index is 966. The lowest BCUT2D eigenvalue weighted by molar-refractivity contribution is 1.41. The quantitative estimate of drug-likeness (QED) is 0.415. The number of benzene rings is 3. The molecule has 1 nitrogen and oxygen atoms in total. The molecule has 0 bridgehead atoms. The van der Waals surface area contributed by atoms with Crippen LogP contribution in [-0.2, 0) is 0 Å². The molecule has 0 aliphatic carbocycles. The van der Waals surface area contributed by atoms with Crippen LogP contribution >= 0.6 is 15.9 Å². The van der Waals surface area contributed by atoms with Crippen LogP contribution in [0.2, 0.25) is 0 Å². The van der Waals surface area contributed by atoms with Gasteiger partial charge in [0.05, 0.1) is 0 Å². The number of hydrogen-bond donors (Lipinski definition) is 1. The maximum Gasteiger partial charge on any atom is 0.0494 e. The monoisotopic (exact) mass is 361 g/mol. The van der Waals surface area contributed by atoms with Crippen molar-refractivity contribution in [3.8, 4) is 22.4 Å². The van der Waals surface area contributed by atoms with Crippen molar-refractivity contribution in [3.63, 3.8) is 0 Å². The van der Waals surface area contributed by atoms with E-state index in [0.29, 0.717) is 0 Å². The fourth-order valence-electron chi connectivity index (χ4n) is 3.04.